The Kier molecular flexibility index (Phi) is 4.05. The van der Waals surface area contributed by atoms with E-state index >= 15 is 0 Å². The van der Waals surface area contributed by atoms with E-state index in [1.165, 1.54) is 6.42 Å². The first kappa shape index (κ1) is 14.6. The fourth-order valence-corrected chi connectivity index (χ4v) is 4.02. The highest BCUT2D eigenvalue weighted by Gasteiger charge is 2.49. The standard InChI is InChI=1S/C17H26N2O2/c1-13-15(20)18-17(10-6-3-7-11-17)16(21)19(13)12-14-8-4-2-5-9-14/h2,4,13-14H,3,5-12H2,1H3,(H,18,20). The van der Waals surface area contributed by atoms with E-state index < -0.39 is 5.54 Å². The number of piperazine rings is 1. The molecule has 0 bridgehead atoms. The number of rotatable bonds is 2. The van der Waals surface area contributed by atoms with Crippen LogP contribution in [-0.2, 0) is 9.59 Å². The fraction of sp³-hybridized carbons (Fsp3) is 0.765. The van der Waals surface area contributed by atoms with Gasteiger partial charge < -0.3 is 10.2 Å². The number of nitrogens with one attached hydrogen (secondary N) is 1. The van der Waals surface area contributed by atoms with Crippen LogP contribution in [0.15, 0.2) is 12.2 Å². The second-order valence-corrected chi connectivity index (χ2v) is 6.92. The van der Waals surface area contributed by atoms with E-state index in [1.807, 2.05) is 11.8 Å². The van der Waals surface area contributed by atoms with Crippen molar-refractivity contribution in [3.8, 4) is 0 Å². The van der Waals surface area contributed by atoms with Crippen LogP contribution in [0.25, 0.3) is 0 Å². The maximum Gasteiger partial charge on any atom is 0.249 e. The van der Waals surface area contributed by atoms with E-state index in [4.69, 9.17) is 0 Å². The van der Waals surface area contributed by atoms with E-state index in [-0.39, 0.29) is 17.9 Å². The molecule has 2 aliphatic carbocycles. The van der Waals surface area contributed by atoms with Gasteiger partial charge in [-0.05, 0) is 44.9 Å². The Labute approximate surface area is 127 Å². The first-order valence-electron chi connectivity index (χ1n) is 8.40. The summed E-state index contributed by atoms with van der Waals surface area (Å²) in [5.74, 6) is 0.708. The van der Waals surface area contributed by atoms with Crippen LogP contribution in [0.4, 0.5) is 0 Å². The summed E-state index contributed by atoms with van der Waals surface area (Å²) in [5.41, 5.74) is -0.591. The molecule has 1 spiro atoms. The summed E-state index contributed by atoms with van der Waals surface area (Å²) >= 11 is 0. The number of carbonyl (C=O) groups excluding carboxylic acids is 2. The molecule has 4 heteroatoms. The molecule has 0 aromatic carbocycles. The van der Waals surface area contributed by atoms with Crippen molar-refractivity contribution in [1.82, 2.24) is 10.2 Å². The molecule has 3 aliphatic rings. The number of nitrogens with zero attached hydrogens (tertiary/aromatic N) is 1. The van der Waals surface area contributed by atoms with Crippen molar-refractivity contribution < 1.29 is 9.59 Å². The Morgan fingerprint density at radius 2 is 2.00 bits per heavy atom. The second-order valence-electron chi connectivity index (χ2n) is 6.92. The Morgan fingerprint density at radius 1 is 1.24 bits per heavy atom. The average Bonchev–Trinajstić information content (AvgIpc) is 2.52. The van der Waals surface area contributed by atoms with Gasteiger partial charge in [0.1, 0.15) is 11.6 Å². The lowest BCUT2D eigenvalue weighted by atomic mass is 9.78. The molecule has 2 atom stereocenters. The molecule has 0 aromatic rings. The molecule has 2 amide bonds. The lowest BCUT2D eigenvalue weighted by Crippen LogP contribution is -2.70. The van der Waals surface area contributed by atoms with Gasteiger partial charge in [-0.15, -0.1) is 0 Å². The number of amides is 2. The van der Waals surface area contributed by atoms with Gasteiger partial charge in [0.25, 0.3) is 0 Å². The van der Waals surface area contributed by atoms with E-state index in [0.29, 0.717) is 5.92 Å². The molecule has 3 rings (SSSR count). The molecule has 0 aromatic heterocycles. The predicted molar refractivity (Wildman–Crippen MR) is 81.6 cm³/mol. The molecule has 1 heterocycles. The molecule has 21 heavy (non-hydrogen) atoms. The first-order chi connectivity index (χ1) is 10.1. The summed E-state index contributed by atoms with van der Waals surface area (Å²) < 4.78 is 0. The molecular formula is C17H26N2O2. The quantitative estimate of drug-likeness (QED) is 0.794. The number of hydrogen-bond acceptors (Lipinski definition) is 2. The van der Waals surface area contributed by atoms with Crippen molar-refractivity contribution in [3.05, 3.63) is 12.2 Å². The van der Waals surface area contributed by atoms with Gasteiger partial charge in [0.05, 0.1) is 0 Å². The van der Waals surface area contributed by atoms with Crippen molar-refractivity contribution in [1.29, 1.82) is 0 Å². The highest BCUT2D eigenvalue weighted by molar-refractivity contribution is 5.99. The van der Waals surface area contributed by atoms with Gasteiger partial charge in [-0.25, -0.2) is 0 Å². The largest absolute Gasteiger partial charge is 0.340 e. The monoisotopic (exact) mass is 290 g/mol. The number of allylic oxidation sites excluding steroid dienone is 2. The highest BCUT2D eigenvalue weighted by atomic mass is 16.2. The van der Waals surface area contributed by atoms with Crippen LogP contribution >= 0.6 is 0 Å². The SMILES string of the molecule is CC1C(=O)NC2(CCCCC2)C(=O)N1CC1CC=CCC1. The molecule has 1 saturated carbocycles. The first-order valence-corrected chi connectivity index (χ1v) is 8.40. The molecule has 1 aliphatic heterocycles. The van der Waals surface area contributed by atoms with E-state index in [2.05, 4.69) is 17.5 Å². The van der Waals surface area contributed by atoms with Crippen molar-refractivity contribution in [3.63, 3.8) is 0 Å². The lowest BCUT2D eigenvalue weighted by molar-refractivity contribution is -0.156. The fourth-order valence-electron chi connectivity index (χ4n) is 4.02. The molecule has 4 nitrogen and oxygen atoms in total. The Hall–Kier alpha value is -1.32. The number of hydrogen-bond donors (Lipinski definition) is 1. The van der Waals surface area contributed by atoms with Gasteiger partial charge >= 0.3 is 0 Å². The highest BCUT2D eigenvalue weighted by Crippen LogP contribution is 2.34. The lowest BCUT2D eigenvalue weighted by Gasteiger charge is -2.47. The average molecular weight is 290 g/mol. The van der Waals surface area contributed by atoms with Crippen molar-refractivity contribution in [2.45, 2.75) is 69.9 Å². The molecule has 2 fully saturated rings. The summed E-state index contributed by atoms with van der Waals surface area (Å²) in [7, 11) is 0. The molecule has 116 valence electrons. The third-order valence-electron chi connectivity index (χ3n) is 5.42. The van der Waals surface area contributed by atoms with Crippen molar-refractivity contribution in [2.75, 3.05) is 6.54 Å². The Balaban J connectivity index is 1.77. The summed E-state index contributed by atoms with van der Waals surface area (Å²) in [6.07, 6.45) is 12.6. The van der Waals surface area contributed by atoms with Crippen LogP contribution in [0, 0.1) is 5.92 Å². The van der Waals surface area contributed by atoms with Gasteiger partial charge in [0.2, 0.25) is 11.8 Å². The molecule has 1 N–H and O–H groups in total. The van der Waals surface area contributed by atoms with Crippen LogP contribution in [0.3, 0.4) is 0 Å². The van der Waals surface area contributed by atoms with Gasteiger partial charge in [0, 0.05) is 6.54 Å². The van der Waals surface area contributed by atoms with E-state index in [9.17, 15) is 9.59 Å². The Morgan fingerprint density at radius 3 is 2.67 bits per heavy atom. The minimum atomic E-state index is -0.591. The zero-order valence-electron chi connectivity index (χ0n) is 12.9. The summed E-state index contributed by atoms with van der Waals surface area (Å²) in [4.78, 5) is 27.2. The third-order valence-corrected chi connectivity index (χ3v) is 5.42. The van der Waals surface area contributed by atoms with Crippen molar-refractivity contribution >= 4 is 11.8 Å². The molecule has 1 saturated heterocycles. The topological polar surface area (TPSA) is 49.4 Å². The summed E-state index contributed by atoms with van der Waals surface area (Å²) in [6.45, 7) is 2.60. The zero-order chi connectivity index (χ0) is 14.9. The smallest absolute Gasteiger partial charge is 0.249 e. The Bertz CT molecular complexity index is 452. The molecule has 2 unspecified atom stereocenters. The summed E-state index contributed by atoms with van der Waals surface area (Å²) in [5, 5.41) is 3.05. The zero-order valence-corrected chi connectivity index (χ0v) is 12.9. The maximum absolute atomic E-state index is 13.0. The van der Waals surface area contributed by atoms with Crippen LogP contribution in [-0.4, -0.2) is 34.8 Å². The van der Waals surface area contributed by atoms with Crippen molar-refractivity contribution in [2.24, 2.45) is 5.92 Å². The van der Waals surface area contributed by atoms with Gasteiger partial charge in [-0.3, -0.25) is 9.59 Å². The summed E-state index contributed by atoms with van der Waals surface area (Å²) in [6, 6.07) is -0.323. The molecular weight excluding hydrogens is 264 g/mol. The van der Waals surface area contributed by atoms with Gasteiger partial charge in [-0.1, -0.05) is 31.4 Å². The predicted octanol–water partition coefficient (Wildman–Crippen LogP) is 2.39. The van der Waals surface area contributed by atoms with Crippen LogP contribution in [0.2, 0.25) is 0 Å². The minimum Gasteiger partial charge on any atom is -0.340 e. The number of carbonyl (C=O) groups is 2. The maximum atomic E-state index is 13.0. The van der Waals surface area contributed by atoms with Gasteiger partial charge in [-0.2, -0.15) is 0 Å². The van der Waals surface area contributed by atoms with Crippen LogP contribution in [0.5, 0.6) is 0 Å². The molecule has 0 radical (unpaired) electrons. The second kappa shape index (κ2) is 5.82. The van der Waals surface area contributed by atoms with Crippen LogP contribution < -0.4 is 5.32 Å². The van der Waals surface area contributed by atoms with E-state index in [0.717, 1.165) is 51.5 Å². The van der Waals surface area contributed by atoms with E-state index in [1.54, 1.807) is 0 Å². The normalized spacial score (nSPS) is 32.3. The third kappa shape index (κ3) is 2.72. The van der Waals surface area contributed by atoms with Crippen LogP contribution in [0.1, 0.15) is 58.3 Å². The van der Waals surface area contributed by atoms with Gasteiger partial charge in [0.15, 0.2) is 0 Å². The minimum absolute atomic E-state index is 0.0304.